The fourth-order valence-electron chi connectivity index (χ4n) is 2.34. The molecule has 0 bridgehead atoms. The van der Waals surface area contributed by atoms with Crippen molar-refractivity contribution in [2.45, 2.75) is 58.3 Å². The molecule has 5 nitrogen and oxygen atoms in total. The molecule has 2 N–H and O–H groups in total. The van der Waals surface area contributed by atoms with Crippen molar-refractivity contribution in [1.82, 2.24) is 10.2 Å². The summed E-state index contributed by atoms with van der Waals surface area (Å²) in [5.41, 5.74) is -0.499. The van der Waals surface area contributed by atoms with Gasteiger partial charge in [-0.25, -0.2) is 0 Å². The predicted molar refractivity (Wildman–Crippen MR) is 75.0 cm³/mol. The zero-order valence-electron chi connectivity index (χ0n) is 12.8. The Morgan fingerprint density at radius 1 is 1.53 bits per heavy atom. The summed E-state index contributed by atoms with van der Waals surface area (Å²) >= 11 is 0. The molecular formula is C14H28N2O3. The summed E-state index contributed by atoms with van der Waals surface area (Å²) in [5.74, 6) is 0.0289. The first-order valence-electron chi connectivity index (χ1n) is 6.99. The smallest absolute Gasteiger partial charge is 0.234 e. The van der Waals surface area contributed by atoms with Crippen molar-refractivity contribution in [3.8, 4) is 0 Å². The first-order chi connectivity index (χ1) is 8.67. The molecule has 1 atom stereocenters. The number of hydrogen-bond donors (Lipinski definition) is 2. The number of nitrogens with zero attached hydrogens (tertiary/aromatic N) is 1. The topological polar surface area (TPSA) is 61.8 Å². The van der Waals surface area contributed by atoms with Crippen LogP contribution < -0.4 is 5.32 Å². The molecule has 0 radical (unpaired) electrons. The number of aliphatic hydroxyl groups excluding tert-OH is 1. The SMILES string of the molecule is CCC(C)(C)NC(=O)CN1CC(CO)OC(C)(C)C1. The third kappa shape index (κ3) is 5.47. The highest BCUT2D eigenvalue weighted by molar-refractivity contribution is 5.78. The number of morpholine rings is 1. The van der Waals surface area contributed by atoms with Crippen LogP contribution in [0.3, 0.4) is 0 Å². The van der Waals surface area contributed by atoms with Crippen molar-refractivity contribution in [2.24, 2.45) is 0 Å². The molecule has 1 rings (SSSR count). The molecule has 1 unspecified atom stereocenters. The fraction of sp³-hybridized carbons (Fsp3) is 0.929. The molecule has 1 amide bonds. The van der Waals surface area contributed by atoms with Crippen molar-refractivity contribution in [3.05, 3.63) is 0 Å². The molecule has 0 saturated carbocycles. The number of carbonyl (C=O) groups is 1. The molecule has 0 aromatic rings. The molecular weight excluding hydrogens is 244 g/mol. The maximum Gasteiger partial charge on any atom is 0.234 e. The fourth-order valence-corrected chi connectivity index (χ4v) is 2.34. The van der Waals surface area contributed by atoms with E-state index in [1.165, 1.54) is 0 Å². The lowest BCUT2D eigenvalue weighted by Crippen LogP contribution is -2.57. The van der Waals surface area contributed by atoms with Crippen molar-refractivity contribution in [1.29, 1.82) is 0 Å². The van der Waals surface area contributed by atoms with Crippen LogP contribution in [0.4, 0.5) is 0 Å². The van der Waals surface area contributed by atoms with Gasteiger partial charge in [0.25, 0.3) is 0 Å². The van der Waals surface area contributed by atoms with Gasteiger partial charge < -0.3 is 15.2 Å². The Hall–Kier alpha value is -0.650. The molecule has 1 heterocycles. The van der Waals surface area contributed by atoms with Gasteiger partial charge in [-0.1, -0.05) is 6.92 Å². The highest BCUT2D eigenvalue weighted by Gasteiger charge is 2.34. The van der Waals surface area contributed by atoms with Gasteiger partial charge in [0, 0.05) is 18.6 Å². The van der Waals surface area contributed by atoms with Crippen molar-refractivity contribution < 1.29 is 14.6 Å². The number of carbonyl (C=O) groups excluding carboxylic acids is 1. The summed E-state index contributed by atoms with van der Waals surface area (Å²) in [5, 5.41) is 12.3. The first-order valence-corrected chi connectivity index (χ1v) is 6.99. The highest BCUT2D eigenvalue weighted by atomic mass is 16.5. The van der Waals surface area contributed by atoms with Crippen LogP contribution >= 0.6 is 0 Å². The number of hydrogen-bond acceptors (Lipinski definition) is 4. The molecule has 0 spiro atoms. The van der Waals surface area contributed by atoms with Crippen molar-refractivity contribution in [2.75, 3.05) is 26.2 Å². The highest BCUT2D eigenvalue weighted by Crippen LogP contribution is 2.20. The summed E-state index contributed by atoms with van der Waals surface area (Å²) in [4.78, 5) is 14.1. The molecule has 112 valence electrons. The Morgan fingerprint density at radius 3 is 2.68 bits per heavy atom. The van der Waals surface area contributed by atoms with Crippen molar-refractivity contribution >= 4 is 5.91 Å². The molecule has 19 heavy (non-hydrogen) atoms. The summed E-state index contributed by atoms with van der Waals surface area (Å²) in [6, 6.07) is 0. The van der Waals surface area contributed by atoms with E-state index in [9.17, 15) is 9.90 Å². The van der Waals surface area contributed by atoms with Crippen LogP contribution in [-0.4, -0.2) is 59.4 Å². The van der Waals surface area contributed by atoms with Gasteiger partial charge >= 0.3 is 0 Å². The van der Waals surface area contributed by atoms with Crippen LogP contribution in [0.15, 0.2) is 0 Å². The maximum atomic E-state index is 12.0. The predicted octanol–water partition coefficient (Wildman–Crippen LogP) is 0.763. The monoisotopic (exact) mass is 272 g/mol. The van der Waals surface area contributed by atoms with E-state index >= 15 is 0 Å². The second-order valence-electron chi connectivity index (χ2n) is 6.64. The van der Waals surface area contributed by atoms with Gasteiger partial charge in [-0.2, -0.15) is 0 Å². The summed E-state index contributed by atoms with van der Waals surface area (Å²) in [6.07, 6.45) is 0.683. The van der Waals surface area contributed by atoms with E-state index in [-0.39, 0.29) is 29.8 Å². The lowest BCUT2D eigenvalue weighted by Gasteiger charge is -2.42. The van der Waals surface area contributed by atoms with Crippen LogP contribution in [0, 0.1) is 0 Å². The van der Waals surface area contributed by atoms with Crippen LogP contribution in [0.25, 0.3) is 0 Å². The minimum atomic E-state index is -0.327. The second-order valence-corrected chi connectivity index (χ2v) is 6.64. The Kier molecular flexibility index (Phi) is 5.35. The maximum absolute atomic E-state index is 12.0. The quantitative estimate of drug-likeness (QED) is 0.776. The number of rotatable bonds is 5. The number of aliphatic hydroxyl groups is 1. The third-order valence-electron chi connectivity index (χ3n) is 3.48. The lowest BCUT2D eigenvalue weighted by molar-refractivity contribution is -0.153. The molecule has 1 aliphatic heterocycles. The molecule has 1 aliphatic rings. The van der Waals surface area contributed by atoms with Crippen LogP contribution in [0.2, 0.25) is 0 Å². The molecule has 1 saturated heterocycles. The first kappa shape index (κ1) is 16.4. The van der Waals surface area contributed by atoms with Gasteiger partial charge in [-0.05, 0) is 34.1 Å². The van der Waals surface area contributed by atoms with Crippen LogP contribution in [0.5, 0.6) is 0 Å². The van der Waals surface area contributed by atoms with Crippen LogP contribution in [-0.2, 0) is 9.53 Å². The van der Waals surface area contributed by atoms with Gasteiger partial charge in [0.1, 0.15) is 0 Å². The van der Waals surface area contributed by atoms with Crippen LogP contribution in [0.1, 0.15) is 41.0 Å². The number of amides is 1. The van der Waals surface area contributed by atoms with E-state index in [2.05, 4.69) is 12.2 Å². The molecule has 0 aromatic heterocycles. The Balaban J connectivity index is 2.54. The molecule has 5 heteroatoms. The van der Waals surface area contributed by atoms with E-state index in [0.29, 0.717) is 19.6 Å². The van der Waals surface area contributed by atoms with Gasteiger partial charge in [0.15, 0.2) is 0 Å². The summed E-state index contributed by atoms with van der Waals surface area (Å²) in [6.45, 7) is 11.7. The van der Waals surface area contributed by atoms with Gasteiger partial charge in [-0.15, -0.1) is 0 Å². The molecule has 0 aromatic carbocycles. The van der Waals surface area contributed by atoms with Gasteiger partial charge in [-0.3, -0.25) is 9.69 Å². The van der Waals surface area contributed by atoms with Crippen molar-refractivity contribution in [3.63, 3.8) is 0 Å². The molecule has 0 aliphatic carbocycles. The standard InChI is InChI=1S/C14H28N2O3/c1-6-13(2,3)15-12(18)8-16-7-11(9-17)19-14(4,5)10-16/h11,17H,6-10H2,1-5H3,(H,15,18). The minimum Gasteiger partial charge on any atom is -0.394 e. The largest absolute Gasteiger partial charge is 0.394 e. The zero-order chi connectivity index (χ0) is 14.7. The van der Waals surface area contributed by atoms with E-state index in [1.54, 1.807) is 0 Å². The summed E-state index contributed by atoms with van der Waals surface area (Å²) in [7, 11) is 0. The zero-order valence-corrected chi connectivity index (χ0v) is 12.8. The summed E-state index contributed by atoms with van der Waals surface area (Å²) < 4.78 is 5.73. The molecule has 1 fully saturated rings. The van der Waals surface area contributed by atoms with E-state index in [0.717, 1.165) is 6.42 Å². The van der Waals surface area contributed by atoms with E-state index in [1.807, 2.05) is 32.6 Å². The normalized spacial score (nSPS) is 24.2. The van der Waals surface area contributed by atoms with Gasteiger partial charge in [0.05, 0.1) is 24.9 Å². The Morgan fingerprint density at radius 2 is 2.16 bits per heavy atom. The second kappa shape index (κ2) is 6.20. The lowest BCUT2D eigenvalue weighted by atomic mass is 10.0. The number of nitrogens with one attached hydrogen (secondary N) is 1. The van der Waals surface area contributed by atoms with E-state index < -0.39 is 0 Å². The Bertz CT molecular complexity index is 316. The van der Waals surface area contributed by atoms with Gasteiger partial charge in [0.2, 0.25) is 5.91 Å². The third-order valence-corrected chi connectivity index (χ3v) is 3.48. The minimum absolute atomic E-state index is 0.0119. The van der Waals surface area contributed by atoms with E-state index in [4.69, 9.17) is 4.74 Å². The average Bonchev–Trinajstić information content (AvgIpc) is 2.25. The Labute approximate surface area is 116 Å². The average molecular weight is 272 g/mol. The number of ether oxygens (including phenoxy) is 1.